The van der Waals surface area contributed by atoms with Gasteiger partial charge in [-0.3, -0.25) is 14.3 Å². The number of hydrogen-bond acceptors (Lipinski definition) is 3. The Kier molecular flexibility index (Phi) is 3.02. The molecule has 3 amide bonds. The van der Waals surface area contributed by atoms with E-state index in [9.17, 15) is 13.8 Å². The van der Waals surface area contributed by atoms with E-state index in [1.807, 2.05) is 13.8 Å². The number of carbonyl (C=O) groups is 2. The van der Waals surface area contributed by atoms with Crippen LogP contribution in [0.25, 0.3) is 0 Å². The molecule has 5 nitrogen and oxygen atoms in total. The standard InChI is InChI=1S/C7H12N2O3S/c1-4(2)13(12)3-5-6(10)9-7(11)8-5/h4-5H,3H2,1-2H3,(H2,8,9,10,11)/t5-,13+/m1/s1. The van der Waals surface area contributed by atoms with Crippen LogP contribution in [-0.2, 0) is 15.6 Å². The van der Waals surface area contributed by atoms with Crippen LogP contribution in [0.4, 0.5) is 4.79 Å². The van der Waals surface area contributed by atoms with Crippen molar-refractivity contribution in [1.82, 2.24) is 10.6 Å². The quantitative estimate of drug-likeness (QED) is 0.600. The Bertz CT molecular complexity index is 264. The molecule has 1 saturated heterocycles. The molecule has 0 aromatic carbocycles. The molecule has 0 spiro atoms. The fraction of sp³-hybridized carbons (Fsp3) is 0.714. The number of urea groups is 1. The van der Waals surface area contributed by atoms with Crippen LogP contribution < -0.4 is 10.6 Å². The molecule has 1 fully saturated rings. The van der Waals surface area contributed by atoms with Gasteiger partial charge in [0.15, 0.2) is 0 Å². The van der Waals surface area contributed by atoms with E-state index in [0.717, 1.165) is 0 Å². The SMILES string of the molecule is CC(C)[S@@](=O)C[C@H]1NC(=O)NC1=O. The molecule has 13 heavy (non-hydrogen) atoms. The fourth-order valence-corrected chi connectivity index (χ4v) is 1.88. The van der Waals surface area contributed by atoms with Crippen LogP contribution >= 0.6 is 0 Å². The van der Waals surface area contributed by atoms with Gasteiger partial charge in [-0.25, -0.2) is 4.79 Å². The van der Waals surface area contributed by atoms with Crippen LogP contribution in [0.5, 0.6) is 0 Å². The number of carbonyl (C=O) groups excluding carboxylic acids is 2. The molecule has 0 aromatic heterocycles. The largest absolute Gasteiger partial charge is 0.325 e. The molecule has 0 bridgehead atoms. The zero-order valence-electron chi connectivity index (χ0n) is 7.49. The summed E-state index contributed by atoms with van der Waals surface area (Å²) in [6.07, 6.45) is 0. The summed E-state index contributed by atoms with van der Waals surface area (Å²) in [5, 5.41) is 4.49. The van der Waals surface area contributed by atoms with E-state index in [0.29, 0.717) is 0 Å². The molecule has 2 atom stereocenters. The fourth-order valence-electron chi connectivity index (χ4n) is 0.933. The van der Waals surface area contributed by atoms with E-state index in [-0.39, 0.29) is 16.9 Å². The van der Waals surface area contributed by atoms with Crippen LogP contribution in [-0.4, -0.2) is 33.2 Å². The molecule has 1 heterocycles. The molecule has 0 radical (unpaired) electrons. The predicted molar refractivity (Wildman–Crippen MR) is 48.6 cm³/mol. The molecular weight excluding hydrogens is 192 g/mol. The lowest BCUT2D eigenvalue weighted by Gasteiger charge is -2.08. The van der Waals surface area contributed by atoms with Crippen molar-refractivity contribution in [1.29, 1.82) is 0 Å². The lowest BCUT2D eigenvalue weighted by atomic mass is 10.3. The number of nitrogens with one attached hydrogen (secondary N) is 2. The van der Waals surface area contributed by atoms with E-state index in [1.165, 1.54) is 0 Å². The van der Waals surface area contributed by atoms with Gasteiger partial charge in [0.25, 0.3) is 5.91 Å². The van der Waals surface area contributed by atoms with Crippen LogP contribution in [0.1, 0.15) is 13.8 Å². The van der Waals surface area contributed by atoms with Crippen molar-refractivity contribution < 1.29 is 13.8 Å². The molecule has 0 saturated carbocycles. The molecule has 1 rings (SSSR count). The Balaban J connectivity index is 2.51. The van der Waals surface area contributed by atoms with E-state index in [2.05, 4.69) is 10.6 Å². The number of hydrogen-bond donors (Lipinski definition) is 2. The van der Waals surface area contributed by atoms with Crippen LogP contribution in [0.2, 0.25) is 0 Å². The second kappa shape index (κ2) is 3.87. The highest BCUT2D eigenvalue weighted by Crippen LogP contribution is 2.00. The first-order chi connectivity index (χ1) is 6.00. The Hall–Kier alpha value is -0.910. The van der Waals surface area contributed by atoms with Crippen LogP contribution in [0.3, 0.4) is 0 Å². The molecule has 2 N–H and O–H groups in total. The summed E-state index contributed by atoms with van der Waals surface area (Å²) in [6.45, 7) is 3.62. The summed E-state index contributed by atoms with van der Waals surface area (Å²) in [6, 6.07) is -1.13. The molecule has 1 aliphatic heterocycles. The third kappa shape index (κ3) is 2.51. The first-order valence-corrected chi connectivity index (χ1v) is 5.37. The van der Waals surface area contributed by atoms with Gasteiger partial charge in [0, 0.05) is 16.0 Å². The highest BCUT2D eigenvalue weighted by atomic mass is 32.2. The van der Waals surface area contributed by atoms with Crippen LogP contribution in [0, 0.1) is 0 Å². The third-order valence-corrected chi connectivity index (χ3v) is 3.43. The van der Waals surface area contributed by atoms with Gasteiger partial charge >= 0.3 is 6.03 Å². The number of amides is 3. The van der Waals surface area contributed by atoms with Gasteiger partial charge in [0.1, 0.15) is 6.04 Å². The molecule has 0 aromatic rings. The summed E-state index contributed by atoms with van der Waals surface area (Å²) in [4.78, 5) is 21.7. The normalized spacial score (nSPS) is 24.4. The van der Waals surface area contributed by atoms with Crippen molar-refractivity contribution in [3.8, 4) is 0 Å². The van der Waals surface area contributed by atoms with Gasteiger partial charge in [-0.15, -0.1) is 0 Å². The number of imide groups is 1. The zero-order chi connectivity index (χ0) is 10.0. The minimum atomic E-state index is -1.07. The maximum atomic E-state index is 11.3. The van der Waals surface area contributed by atoms with Crippen molar-refractivity contribution in [3.63, 3.8) is 0 Å². The van der Waals surface area contributed by atoms with Gasteiger partial charge in [0.05, 0.1) is 5.75 Å². The van der Waals surface area contributed by atoms with Gasteiger partial charge in [-0.1, -0.05) is 13.8 Å². The maximum absolute atomic E-state index is 11.3. The summed E-state index contributed by atoms with van der Waals surface area (Å²) in [7, 11) is -1.07. The average Bonchev–Trinajstić information content (AvgIpc) is 2.30. The minimum absolute atomic E-state index is 0.00491. The van der Waals surface area contributed by atoms with Crippen LogP contribution in [0.15, 0.2) is 0 Å². The van der Waals surface area contributed by atoms with E-state index in [4.69, 9.17) is 0 Å². The topological polar surface area (TPSA) is 75.3 Å². The monoisotopic (exact) mass is 204 g/mol. The highest BCUT2D eigenvalue weighted by molar-refractivity contribution is 7.85. The second-order valence-electron chi connectivity index (χ2n) is 3.11. The second-order valence-corrected chi connectivity index (χ2v) is 5.15. The summed E-state index contributed by atoms with van der Waals surface area (Å²) >= 11 is 0. The van der Waals surface area contributed by atoms with Crippen molar-refractivity contribution in [2.75, 3.05) is 5.75 Å². The van der Waals surface area contributed by atoms with Crippen molar-refractivity contribution in [2.45, 2.75) is 25.1 Å². The molecule has 0 unspecified atom stereocenters. The highest BCUT2D eigenvalue weighted by Gasteiger charge is 2.31. The smallest absolute Gasteiger partial charge is 0.322 e. The molecule has 1 aliphatic rings. The predicted octanol–water partition coefficient (Wildman–Crippen LogP) is -0.649. The van der Waals surface area contributed by atoms with Gasteiger partial charge in [0.2, 0.25) is 0 Å². The third-order valence-electron chi connectivity index (χ3n) is 1.72. The van der Waals surface area contributed by atoms with E-state index >= 15 is 0 Å². The minimum Gasteiger partial charge on any atom is -0.325 e. The Labute approximate surface area is 78.7 Å². The summed E-state index contributed by atoms with van der Waals surface area (Å²) in [5.41, 5.74) is 0. The Morgan fingerprint density at radius 3 is 2.46 bits per heavy atom. The molecule has 74 valence electrons. The Morgan fingerprint density at radius 1 is 1.46 bits per heavy atom. The summed E-state index contributed by atoms with van der Waals surface area (Å²) in [5.74, 6) is -0.200. The van der Waals surface area contributed by atoms with E-state index < -0.39 is 22.9 Å². The van der Waals surface area contributed by atoms with Crippen molar-refractivity contribution in [3.05, 3.63) is 0 Å². The van der Waals surface area contributed by atoms with Gasteiger partial charge < -0.3 is 5.32 Å². The first-order valence-electron chi connectivity index (χ1n) is 3.99. The lowest BCUT2D eigenvalue weighted by molar-refractivity contribution is -0.119. The molecule has 6 heteroatoms. The Morgan fingerprint density at radius 2 is 2.08 bits per heavy atom. The van der Waals surface area contributed by atoms with E-state index in [1.54, 1.807) is 0 Å². The molecular formula is C7H12N2O3S. The van der Waals surface area contributed by atoms with Crippen molar-refractivity contribution >= 4 is 22.7 Å². The molecule has 0 aliphatic carbocycles. The van der Waals surface area contributed by atoms with Gasteiger partial charge in [-0.2, -0.15) is 0 Å². The zero-order valence-corrected chi connectivity index (χ0v) is 8.31. The van der Waals surface area contributed by atoms with Crippen molar-refractivity contribution in [2.24, 2.45) is 0 Å². The maximum Gasteiger partial charge on any atom is 0.322 e. The summed E-state index contributed by atoms with van der Waals surface area (Å²) < 4.78 is 11.3. The number of rotatable bonds is 3. The first kappa shape index (κ1) is 10.2. The lowest BCUT2D eigenvalue weighted by Crippen LogP contribution is -2.36. The average molecular weight is 204 g/mol. The van der Waals surface area contributed by atoms with Gasteiger partial charge in [-0.05, 0) is 0 Å².